The molecule has 1 aromatic carbocycles. The van der Waals surface area contributed by atoms with Crippen LogP contribution in [0, 0.1) is 6.92 Å². The Morgan fingerprint density at radius 3 is 2.89 bits per heavy atom. The monoisotopic (exact) mass is 253 g/mol. The van der Waals surface area contributed by atoms with E-state index in [-0.39, 0.29) is 5.43 Å². The number of hydrogen-bond donors (Lipinski definition) is 0. The van der Waals surface area contributed by atoms with Gasteiger partial charge in [-0.3, -0.25) is 9.48 Å². The number of hydrogen-bond acceptors (Lipinski definition) is 2. The van der Waals surface area contributed by atoms with Crippen LogP contribution in [0.5, 0.6) is 0 Å². The first-order valence-electron chi connectivity index (χ1n) is 6.19. The number of allylic oxidation sites excluding steroid dienone is 1. The number of rotatable bonds is 2. The highest BCUT2D eigenvalue weighted by molar-refractivity contribution is 5.92. The molecule has 0 radical (unpaired) electrons. The fourth-order valence-electron chi connectivity index (χ4n) is 2.54. The predicted molar refractivity (Wildman–Crippen MR) is 77.4 cm³/mol. The maximum Gasteiger partial charge on any atom is 0.215 e. The lowest BCUT2D eigenvalue weighted by Crippen LogP contribution is -2.13. The van der Waals surface area contributed by atoms with Gasteiger partial charge in [0.15, 0.2) is 0 Å². The van der Waals surface area contributed by atoms with Crippen LogP contribution in [0.15, 0.2) is 41.8 Å². The molecule has 0 unspecified atom stereocenters. The van der Waals surface area contributed by atoms with Crippen molar-refractivity contribution in [2.75, 3.05) is 0 Å². The number of aryl methyl sites for hydroxylation is 2. The second kappa shape index (κ2) is 4.09. The summed E-state index contributed by atoms with van der Waals surface area (Å²) in [7, 11) is 1.80. The van der Waals surface area contributed by atoms with Crippen LogP contribution < -0.4 is 5.43 Å². The third-order valence-corrected chi connectivity index (χ3v) is 3.42. The normalized spacial score (nSPS) is 11.3. The molecular weight excluding hydrogens is 238 g/mol. The SMILES string of the molecule is C=CCn1c2ccc(C)cc2c(=O)c2c1cnn2C. The quantitative estimate of drug-likeness (QED) is 0.658. The van der Waals surface area contributed by atoms with E-state index in [0.29, 0.717) is 12.1 Å². The summed E-state index contributed by atoms with van der Waals surface area (Å²) in [5.41, 5.74) is 3.53. The lowest BCUT2D eigenvalue weighted by atomic mass is 10.1. The summed E-state index contributed by atoms with van der Waals surface area (Å²) >= 11 is 0. The zero-order valence-corrected chi connectivity index (χ0v) is 11.1. The Hall–Kier alpha value is -2.36. The van der Waals surface area contributed by atoms with Gasteiger partial charge in [-0.2, -0.15) is 5.10 Å². The van der Waals surface area contributed by atoms with Gasteiger partial charge in [0.05, 0.1) is 17.2 Å². The molecular formula is C15H15N3O. The van der Waals surface area contributed by atoms with Crippen LogP contribution in [0.2, 0.25) is 0 Å². The van der Waals surface area contributed by atoms with Crippen molar-refractivity contribution in [3.05, 3.63) is 52.8 Å². The summed E-state index contributed by atoms with van der Waals surface area (Å²) in [5, 5.41) is 4.94. The van der Waals surface area contributed by atoms with E-state index in [1.807, 2.05) is 31.2 Å². The average molecular weight is 253 g/mol. The fraction of sp³-hybridized carbons (Fsp3) is 0.200. The van der Waals surface area contributed by atoms with E-state index >= 15 is 0 Å². The van der Waals surface area contributed by atoms with Gasteiger partial charge in [0, 0.05) is 19.0 Å². The first kappa shape index (κ1) is 11.7. The average Bonchev–Trinajstić information content (AvgIpc) is 2.77. The second-order valence-corrected chi connectivity index (χ2v) is 4.75. The first-order valence-corrected chi connectivity index (χ1v) is 6.19. The van der Waals surface area contributed by atoms with Gasteiger partial charge in [0.25, 0.3) is 0 Å². The van der Waals surface area contributed by atoms with Crippen LogP contribution >= 0.6 is 0 Å². The third kappa shape index (κ3) is 1.60. The zero-order valence-electron chi connectivity index (χ0n) is 11.1. The van der Waals surface area contributed by atoms with Gasteiger partial charge in [0.1, 0.15) is 5.52 Å². The van der Waals surface area contributed by atoms with E-state index < -0.39 is 0 Å². The molecule has 96 valence electrons. The summed E-state index contributed by atoms with van der Waals surface area (Å²) in [6.45, 7) is 6.44. The molecule has 3 rings (SSSR count). The van der Waals surface area contributed by atoms with Gasteiger partial charge in [-0.05, 0) is 19.1 Å². The highest BCUT2D eigenvalue weighted by Gasteiger charge is 2.13. The third-order valence-electron chi connectivity index (χ3n) is 3.42. The molecule has 0 fully saturated rings. The highest BCUT2D eigenvalue weighted by Crippen LogP contribution is 2.19. The molecule has 0 atom stereocenters. The molecule has 0 amide bonds. The molecule has 0 aliphatic rings. The molecule has 0 spiro atoms. The molecule has 0 aliphatic carbocycles. The van der Waals surface area contributed by atoms with Crippen LogP contribution in [0.25, 0.3) is 21.9 Å². The molecule has 0 saturated carbocycles. The van der Waals surface area contributed by atoms with Gasteiger partial charge in [0.2, 0.25) is 5.43 Å². The fourth-order valence-corrected chi connectivity index (χ4v) is 2.54. The molecule has 4 heteroatoms. The van der Waals surface area contributed by atoms with E-state index in [9.17, 15) is 4.79 Å². The second-order valence-electron chi connectivity index (χ2n) is 4.75. The van der Waals surface area contributed by atoms with Crippen molar-refractivity contribution in [2.24, 2.45) is 7.05 Å². The van der Waals surface area contributed by atoms with Gasteiger partial charge in [-0.1, -0.05) is 17.7 Å². The standard InChI is InChI=1S/C15H15N3O/c1-4-7-18-12-6-5-10(2)8-11(12)15(19)14-13(18)9-16-17(14)3/h4-6,8-9H,1,7H2,2-3H3. The van der Waals surface area contributed by atoms with Gasteiger partial charge < -0.3 is 4.57 Å². The lowest BCUT2D eigenvalue weighted by Gasteiger charge is -2.11. The van der Waals surface area contributed by atoms with Gasteiger partial charge >= 0.3 is 0 Å². The highest BCUT2D eigenvalue weighted by atomic mass is 16.1. The van der Waals surface area contributed by atoms with Crippen molar-refractivity contribution in [3.8, 4) is 0 Å². The number of nitrogens with zero attached hydrogens (tertiary/aromatic N) is 3. The van der Waals surface area contributed by atoms with Crippen LogP contribution in [-0.4, -0.2) is 14.3 Å². The minimum absolute atomic E-state index is 0.0361. The lowest BCUT2D eigenvalue weighted by molar-refractivity contribution is 0.795. The molecule has 0 bridgehead atoms. The van der Waals surface area contributed by atoms with Crippen molar-refractivity contribution in [1.29, 1.82) is 0 Å². The maximum absolute atomic E-state index is 12.6. The smallest absolute Gasteiger partial charge is 0.215 e. The summed E-state index contributed by atoms with van der Waals surface area (Å²) in [4.78, 5) is 12.6. The first-order chi connectivity index (χ1) is 9.13. The molecule has 0 aliphatic heterocycles. The Bertz CT molecular complexity index is 855. The van der Waals surface area contributed by atoms with Crippen LogP contribution in [0.1, 0.15) is 5.56 Å². The van der Waals surface area contributed by atoms with E-state index in [1.54, 1.807) is 17.9 Å². The largest absolute Gasteiger partial charge is 0.334 e. The van der Waals surface area contributed by atoms with Crippen LogP contribution in [0.4, 0.5) is 0 Å². The van der Waals surface area contributed by atoms with Crippen molar-refractivity contribution >= 4 is 21.9 Å². The minimum Gasteiger partial charge on any atom is -0.334 e. The van der Waals surface area contributed by atoms with Crippen LogP contribution in [-0.2, 0) is 13.6 Å². The summed E-state index contributed by atoms with van der Waals surface area (Å²) in [6, 6.07) is 5.94. The van der Waals surface area contributed by atoms with Crippen molar-refractivity contribution in [2.45, 2.75) is 13.5 Å². The Balaban J connectivity index is 2.62. The summed E-state index contributed by atoms with van der Waals surface area (Å²) < 4.78 is 3.71. The minimum atomic E-state index is 0.0361. The Labute approximate surface area is 110 Å². The summed E-state index contributed by atoms with van der Waals surface area (Å²) in [5.74, 6) is 0. The molecule has 4 nitrogen and oxygen atoms in total. The molecule has 3 aromatic rings. The van der Waals surface area contributed by atoms with Crippen molar-refractivity contribution in [1.82, 2.24) is 14.3 Å². The van der Waals surface area contributed by atoms with E-state index in [0.717, 1.165) is 22.0 Å². The molecule has 2 heterocycles. The predicted octanol–water partition coefficient (Wildman–Crippen LogP) is 2.38. The molecule has 0 N–H and O–H groups in total. The maximum atomic E-state index is 12.6. The van der Waals surface area contributed by atoms with Crippen molar-refractivity contribution in [3.63, 3.8) is 0 Å². The number of pyridine rings is 1. The Kier molecular flexibility index (Phi) is 2.52. The van der Waals surface area contributed by atoms with E-state index in [2.05, 4.69) is 16.2 Å². The van der Waals surface area contributed by atoms with Gasteiger partial charge in [-0.25, -0.2) is 0 Å². The van der Waals surface area contributed by atoms with Crippen molar-refractivity contribution < 1.29 is 0 Å². The number of aromatic nitrogens is 3. The molecule has 19 heavy (non-hydrogen) atoms. The van der Waals surface area contributed by atoms with E-state index in [4.69, 9.17) is 0 Å². The number of fused-ring (bicyclic) bond motifs is 2. The van der Waals surface area contributed by atoms with Gasteiger partial charge in [-0.15, -0.1) is 6.58 Å². The molecule has 2 aromatic heterocycles. The zero-order chi connectivity index (χ0) is 13.6. The molecule has 0 saturated heterocycles. The summed E-state index contributed by atoms with van der Waals surface area (Å²) in [6.07, 6.45) is 3.57. The topological polar surface area (TPSA) is 39.8 Å². The van der Waals surface area contributed by atoms with Crippen LogP contribution in [0.3, 0.4) is 0 Å². The number of benzene rings is 1. The Morgan fingerprint density at radius 2 is 2.16 bits per heavy atom. The van der Waals surface area contributed by atoms with E-state index in [1.165, 1.54) is 0 Å². The Morgan fingerprint density at radius 1 is 1.37 bits per heavy atom.